The lowest BCUT2D eigenvalue weighted by molar-refractivity contribution is 0.0374. The number of aryl methyl sites for hydroxylation is 2. The number of hydrogen-bond acceptors (Lipinski definition) is 6. The number of morpholine rings is 1. The summed E-state index contributed by atoms with van der Waals surface area (Å²) in [4.78, 5) is 23.5. The van der Waals surface area contributed by atoms with Gasteiger partial charge in [0, 0.05) is 25.1 Å². The Morgan fingerprint density at radius 2 is 2.03 bits per heavy atom. The fraction of sp³-hybridized carbons (Fsp3) is 0.321. The number of Topliss-reactive ketones (excluding diaryl/α,β-unsaturated/α-hetero) is 1. The van der Waals surface area contributed by atoms with Crippen molar-refractivity contribution in [2.75, 3.05) is 38.6 Å². The van der Waals surface area contributed by atoms with Gasteiger partial charge >= 0.3 is 0 Å². The lowest BCUT2D eigenvalue weighted by Crippen LogP contribution is -2.36. The Kier molecular flexibility index (Phi) is 5.91. The zero-order chi connectivity index (χ0) is 24.6. The number of anilines is 1. The Morgan fingerprint density at radius 1 is 1.17 bits per heavy atom. The molecular weight excluding hydrogens is 452 g/mol. The molecule has 1 fully saturated rings. The first kappa shape index (κ1) is 22.7. The number of fused-ring (bicyclic) bond motifs is 2. The van der Waals surface area contributed by atoms with Crippen molar-refractivity contribution in [2.24, 2.45) is 0 Å². The van der Waals surface area contributed by atoms with Gasteiger partial charge in [0.1, 0.15) is 11.6 Å². The largest absolute Gasteiger partial charge is 0.383 e. The van der Waals surface area contributed by atoms with Crippen molar-refractivity contribution in [3.63, 3.8) is 0 Å². The monoisotopic (exact) mass is 482 g/mol. The summed E-state index contributed by atoms with van der Waals surface area (Å²) in [6, 6.07) is 12.3. The molecule has 1 aliphatic heterocycles. The Morgan fingerprint density at radius 3 is 2.89 bits per heavy atom. The summed E-state index contributed by atoms with van der Waals surface area (Å²) in [5, 5.41) is 4.43. The zero-order valence-corrected chi connectivity index (χ0v) is 20.5. The first-order valence-corrected chi connectivity index (χ1v) is 12.5. The average molecular weight is 483 g/mol. The third-order valence-electron chi connectivity index (χ3n) is 7.13. The highest BCUT2D eigenvalue weighted by Gasteiger charge is 2.24. The van der Waals surface area contributed by atoms with Gasteiger partial charge in [0.2, 0.25) is 0 Å². The summed E-state index contributed by atoms with van der Waals surface area (Å²) in [6.07, 6.45) is 6.34. The number of hydrogen-bond donors (Lipinski definition) is 2. The van der Waals surface area contributed by atoms with Crippen molar-refractivity contribution in [3.8, 4) is 5.69 Å². The first-order chi connectivity index (χ1) is 17.5. The molecule has 0 spiro atoms. The van der Waals surface area contributed by atoms with Gasteiger partial charge in [-0.05, 0) is 67.3 Å². The number of aromatic amines is 1. The van der Waals surface area contributed by atoms with E-state index in [0.29, 0.717) is 17.8 Å². The van der Waals surface area contributed by atoms with E-state index in [0.717, 1.165) is 79.4 Å². The number of allylic oxidation sites excluding steroid dienone is 1. The molecule has 8 heteroatoms. The Hall–Kier alpha value is -3.75. The van der Waals surface area contributed by atoms with Gasteiger partial charge in [-0.25, -0.2) is 9.67 Å². The number of nitrogens with two attached hydrogens (primary N) is 1. The Balaban J connectivity index is 1.14. The summed E-state index contributed by atoms with van der Waals surface area (Å²) >= 11 is 0. The van der Waals surface area contributed by atoms with Gasteiger partial charge in [0.15, 0.2) is 5.78 Å². The second kappa shape index (κ2) is 9.37. The number of aromatic nitrogens is 4. The average Bonchev–Trinajstić information content (AvgIpc) is 3.59. The molecule has 0 bridgehead atoms. The molecular formula is C28H30N6O2. The number of carbonyl (C=O) groups is 1. The number of benzene rings is 2. The van der Waals surface area contributed by atoms with Crippen molar-refractivity contribution in [1.29, 1.82) is 0 Å². The van der Waals surface area contributed by atoms with Crippen LogP contribution in [0.25, 0.3) is 22.8 Å². The summed E-state index contributed by atoms with van der Waals surface area (Å²) in [5.74, 6) is 1.12. The number of nitrogen functional groups attached to an aromatic ring is 1. The Labute approximate surface area is 209 Å². The summed E-state index contributed by atoms with van der Waals surface area (Å²) in [7, 11) is 0. The number of carbonyl (C=O) groups excluding carboxylic acids is 1. The maximum absolute atomic E-state index is 13.4. The second-order valence-electron chi connectivity index (χ2n) is 9.65. The van der Waals surface area contributed by atoms with Gasteiger partial charge in [-0.2, -0.15) is 5.10 Å². The molecule has 4 aromatic rings. The van der Waals surface area contributed by atoms with Crippen LogP contribution in [0.1, 0.15) is 39.3 Å². The number of H-pyrrole nitrogens is 1. The van der Waals surface area contributed by atoms with Crippen molar-refractivity contribution >= 4 is 28.7 Å². The van der Waals surface area contributed by atoms with Gasteiger partial charge in [0.05, 0.1) is 41.7 Å². The maximum atomic E-state index is 13.4. The molecule has 3 N–H and O–H groups in total. The van der Waals surface area contributed by atoms with Crippen LogP contribution < -0.4 is 5.73 Å². The van der Waals surface area contributed by atoms with Crippen LogP contribution in [0.2, 0.25) is 0 Å². The van der Waals surface area contributed by atoms with Crippen LogP contribution in [-0.4, -0.2) is 63.3 Å². The van der Waals surface area contributed by atoms with Crippen LogP contribution in [0.4, 0.5) is 5.82 Å². The van der Waals surface area contributed by atoms with E-state index in [1.807, 2.05) is 31.2 Å². The second-order valence-corrected chi connectivity index (χ2v) is 9.65. The van der Waals surface area contributed by atoms with E-state index >= 15 is 0 Å². The van der Waals surface area contributed by atoms with E-state index < -0.39 is 0 Å². The quantitative estimate of drug-likeness (QED) is 0.389. The molecule has 2 aromatic carbocycles. The predicted molar refractivity (Wildman–Crippen MR) is 140 cm³/mol. The van der Waals surface area contributed by atoms with E-state index in [9.17, 15) is 4.79 Å². The molecule has 184 valence electrons. The van der Waals surface area contributed by atoms with Crippen LogP contribution in [-0.2, 0) is 17.6 Å². The third-order valence-corrected chi connectivity index (χ3v) is 7.13. The molecule has 3 heterocycles. The van der Waals surface area contributed by atoms with Crippen LogP contribution in [0.3, 0.4) is 0 Å². The molecule has 0 radical (unpaired) electrons. The summed E-state index contributed by atoms with van der Waals surface area (Å²) in [5.41, 5.74) is 13.8. The third kappa shape index (κ3) is 4.34. The Bertz CT molecular complexity index is 1470. The molecule has 6 rings (SSSR count). The first-order valence-electron chi connectivity index (χ1n) is 12.5. The molecule has 0 amide bonds. The fourth-order valence-electron chi connectivity index (χ4n) is 5.20. The summed E-state index contributed by atoms with van der Waals surface area (Å²) in [6.45, 7) is 6.74. The number of rotatable bonds is 7. The maximum Gasteiger partial charge on any atom is 0.194 e. The summed E-state index contributed by atoms with van der Waals surface area (Å²) < 4.78 is 7.04. The normalized spacial score (nSPS) is 15.9. The molecule has 0 saturated carbocycles. The number of imidazole rings is 1. The smallest absolute Gasteiger partial charge is 0.194 e. The van der Waals surface area contributed by atoms with Crippen LogP contribution in [0.15, 0.2) is 48.2 Å². The van der Waals surface area contributed by atoms with Crippen molar-refractivity contribution in [1.82, 2.24) is 24.6 Å². The SMILES string of the molecule is Cc1nc2ccc(-n3ncc(C(=O)C4=Cc5ccc(CCCN6CCOCC6)cc5C4)c3N)cc2[nH]1. The molecule has 0 unspecified atom stereocenters. The van der Waals surface area contributed by atoms with E-state index in [4.69, 9.17) is 10.5 Å². The molecule has 1 saturated heterocycles. The molecule has 2 aliphatic rings. The van der Waals surface area contributed by atoms with Gasteiger partial charge < -0.3 is 15.5 Å². The van der Waals surface area contributed by atoms with Gasteiger partial charge in [-0.1, -0.05) is 18.2 Å². The highest BCUT2D eigenvalue weighted by atomic mass is 16.5. The van der Waals surface area contributed by atoms with Crippen LogP contribution in [0, 0.1) is 6.92 Å². The number of ether oxygens (including phenoxy) is 1. The number of nitrogens with zero attached hydrogens (tertiary/aromatic N) is 4. The van der Waals surface area contributed by atoms with Gasteiger partial charge in [0.25, 0.3) is 0 Å². The molecule has 2 aromatic heterocycles. The van der Waals surface area contributed by atoms with Crippen molar-refractivity contribution < 1.29 is 9.53 Å². The number of nitrogens with one attached hydrogen (secondary N) is 1. The predicted octanol–water partition coefficient (Wildman–Crippen LogP) is 3.73. The minimum atomic E-state index is -0.0673. The van der Waals surface area contributed by atoms with E-state index in [2.05, 4.69) is 38.2 Å². The molecule has 8 nitrogen and oxygen atoms in total. The number of ketones is 1. The molecule has 0 atom stereocenters. The van der Waals surface area contributed by atoms with E-state index in [-0.39, 0.29) is 5.78 Å². The minimum Gasteiger partial charge on any atom is -0.383 e. The van der Waals surface area contributed by atoms with Crippen LogP contribution in [0.5, 0.6) is 0 Å². The lowest BCUT2D eigenvalue weighted by Gasteiger charge is -2.26. The zero-order valence-electron chi connectivity index (χ0n) is 20.5. The standard InChI is InChI=1S/C28H30N6O2/c1-18-31-25-7-6-23(16-26(25)32-18)34-28(29)24(17-30-34)27(35)22-14-20-5-4-19(13-21(20)15-22)3-2-8-33-9-11-36-12-10-33/h4-7,13-14,16-17H,2-3,8-12,15,29H2,1H3,(H,31,32). The topological polar surface area (TPSA) is 102 Å². The van der Waals surface area contributed by atoms with E-state index in [1.54, 1.807) is 10.9 Å². The van der Waals surface area contributed by atoms with Gasteiger partial charge in [-0.15, -0.1) is 0 Å². The van der Waals surface area contributed by atoms with E-state index in [1.165, 1.54) is 11.1 Å². The van der Waals surface area contributed by atoms with Crippen LogP contribution >= 0.6 is 0 Å². The fourth-order valence-corrected chi connectivity index (χ4v) is 5.20. The highest BCUT2D eigenvalue weighted by molar-refractivity contribution is 6.15. The van der Waals surface area contributed by atoms with Gasteiger partial charge in [-0.3, -0.25) is 9.69 Å². The van der Waals surface area contributed by atoms with Crippen molar-refractivity contribution in [3.05, 3.63) is 76.2 Å². The molecule has 1 aliphatic carbocycles. The van der Waals surface area contributed by atoms with Crippen molar-refractivity contribution in [2.45, 2.75) is 26.2 Å². The highest BCUT2D eigenvalue weighted by Crippen LogP contribution is 2.30. The lowest BCUT2D eigenvalue weighted by atomic mass is 10.0. The molecule has 36 heavy (non-hydrogen) atoms. The minimum absolute atomic E-state index is 0.0673.